The van der Waals surface area contributed by atoms with E-state index in [0.717, 1.165) is 79.6 Å². The minimum absolute atomic E-state index is 0.0893. The number of imide groups is 2. The van der Waals surface area contributed by atoms with E-state index >= 15 is 0 Å². The number of carbonyl (C=O) groups is 5. The minimum atomic E-state index is -5.08. The normalized spacial score (nSPS) is 19.2. The van der Waals surface area contributed by atoms with Crippen LogP contribution in [-0.4, -0.2) is 142 Å². The number of carboxylic acids is 1. The van der Waals surface area contributed by atoms with Crippen molar-refractivity contribution in [1.82, 2.24) is 35.1 Å². The molecule has 0 radical (unpaired) electrons. The number of fused-ring (bicyclic) bond motifs is 2. The molecule has 1 spiro atoms. The van der Waals surface area contributed by atoms with Crippen LogP contribution < -0.4 is 35.8 Å². The number of aliphatic carboxylic acids is 1. The molecule has 4 amide bonds. The molecule has 24 heteroatoms. The quantitative estimate of drug-likeness (QED) is 0.0920. The summed E-state index contributed by atoms with van der Waals surface area (Å²) in [6, 6.07) is 12.6. The van der Waals surface area contributed by atoms with E-state index in [-0.39, 0.29) is 18.3 Å². The Hall–Kier alpha value is -6.71. The zero-order valence-corrected chi connectivity index (χ0v) is 41.3. The predicted molar refractivity (Wildman–Crippen MR) is 261 cm³/mol. The highest BCUT2D eigenvalue weighted by Crippen LogP contribution is 2.46. The highest BCUT2D eigenvalue weighted by molar-refractivity contribution is 9.10. The third-order valence-electron chi connectivity index (χ3n) is 13.6. The number of benzene rings is 3. The number of hydrogen-bond acceptors (Lipinski definition) is 16. The van der Waals surface area contributed by atoms with Crippen molar-refractivity contribution >= 4 is 104 Å². The molecule has 7 heterocycles. The number of anilines is 6. The molecule has 372 valence electrons. The molecular weight excluding hydrogens is 1010 g/mol. The van der Waals surface area contributed by atoms with Gasteiger partial charge in [0.2, 0.25) is 17.8 Å². The maximum atomic E-state index is 13.5. The summed E-state index contributed by atoms with van der Waals surface area (Å²) in [6.07, 6.45) is 2.20. The van der Waals surface area contributed by atoms with E-state index in [9.17, 15) is 36.9 Å². The number of halogens is 4. The number of amides is 4. The van der Waals surface area contributed by atoms with Crippen LogP contribution in [0.4, 0.5) is 47.7 Å². The first-order valence-electron chi connectivity index (χ1n) is 22.6. The van der Waals surface area contributed by atoms with Crippen LogP contribution in [0, 0.1) is 12.3 Å². The zero-order chi connectivity index (χ0) is 50.7. The highest BCUT2D eigenvalue weighted by atomic mass is 79.9. The molecule has 0 aliphatic carbocycles. The Kier molecular flexibility index (Phi) is 13.0. The number of nitrogens with one attached hydrogen (secondary N) is 3. The van der Waals surface area contributed by atoms with Gasteiger partial charge < -0.3 is 34.8 Å². The van der Waals surface area contributed by atoms with Crippen LogP contribution in [0.15, 0.2) is 65.5 Å². The number of ether oxygens (including phenoxy) is 1. The molecular formula is C47H48BrF3N11O8P. The maximum Gasteiger partial charge on any atom is 0.490 e. The first-order valence-corrected chi connectivity index (χ1v) is 26.0. The number of carbonyl (C=O) groups excluding carboxylic acids is 4. The van der Waals surface area contributed by atoms with Crippen LogP contribution in [0.25, 0.3) is 11.0 Å². The Labute approximate surface area is 413 Å². The van der Waals surface area contributed by atoms with Gasteiger partial charge in [-0.3, -0.25) is 44.3 Å². The van der Waals surface area contributed by atoms with Gasteiger partial charge in [-0.1, -0.05) is 0 Å². The van der Waals surface area contributed by atoms with E-state index in [0.29, 0.717) is 61.2 Å². The molecule has 0 bridgehead atoms. The summed E-state index contributed by atoms with van der Waals surface area (Å²) in [5.74, 6) is -3.21. The van der Waals surface area contributed by atoms with Gasteiger partial charge in [0.1, 0.15) is 30.3 Å². The summed E-state index contributed by atoms with van der Waals surface area (Å²) in [7, 11) is -1.12. The molecule has 5 aromatic rings. The van der Waals surface area contributed by atoms with Crippen molar-refractivity contribution in [2.75, 3.05) is 80.1 Å². The second-order valence-electron chi connectivity index (χ2n) is 18.6. The van der Waals surface area contributed by atoms with Crippen molar-refractivity contribution in [3.63, 3.8) is 0 Å². The number of hydrogen-bond donors (Lipinski definition) is 4. The molecule has 2 aromatic heterocycles. The number of nitrogens with zero attached hydrogens (tertiary/aromatic N) is 8. The van der Waals surface area contributed by atoms with E-state index in [1.165, 1.54) is 0 Å². The highest BCUT2D eigenvalue weighted by Gasteiger charge is 2.50. The van der Waals surface area contributed by atoms with Crippen LogP contribution >= 0.6 is 23.1 Å². The summed E-state index contributed by atoms with van der Waals surface area (Å²) >= 11 is 3.58. The number of methoxy groups -OCH3 is 1. The lowest BCUT2D eigenvalue weighted by molar-refractivity contribution is -0.192. The molecule has 10 rings (SSSR count). The van der Waals surface area contributed by atoms with Crippen molar-refractivity contribution in [3.05, 3.63) is 82.2 Å². The van der Waals surface area contributed by atoms with Crippen LogP contribution in [0.3, 0.4) is 0 Å². The van der Waals surface area contributed by atoms with Crippen molar-refractivity contribution in [2.24, 2.45) is 5.41 Å². The van der Waals surface area contributed by atoms with Gasteiger partial charge in [0.15, 0.2) is 0 Å². The van der Waals surface area contributed by atoms with E-state index < -0.39 is 49.0 Å². The van der Waals surface area contributed by atoms with Gasteiger partial charge in [-0.2, -0.15) is 18.2 Å². The Balaban J connectivity index is 0.000000831. The monoisotopic (exact) mass is 1060 g/mol. The molecule has 19 nitrogen and oxygen atoms in total. The number of aryl methyl sites for hydroxylation is 1. The van der Waals surface area contributed by atoms with Gasteiger partial charge in [0.25, 0.3) is 11.8 Å². The fraction of sp³-hybridized carbons (Fsp3) is 0.383. The molecule has 0 saturated carbocycles. The topological polar surface area (TPSA) is 232 Å². The van der Waals surface area contributed by atoms with E-state index in [1.807, 2.05) is 18.2 Å². The Morgan fingerprint density at radius 2 is 1.62 bits per heavy atom. The first-order chi connectivity index (χ1) is 33.6. The molecule has 71 heavy (non-hydrogen) atoms. The molecule has 1 atom stereocenters. The Morgan fingerprint density at radius 1 is 0.930 bits per heavy atom. The first kappa shape index (κ1) is 49.3. The van der Waals surface area contributed by atoms with Gasteiger partial charge in [-0.05, 0) is 103 Å². The third-order valence-corrected chi connectivity index (χ3v) is 15.7. The lowest BCUT2D eigenvalue weighted by Crippen LogP contribution is -2.70. The molecule has 4 saturated heterocycles. The lowest BCUT2D eigenvalue weighted by Gasteiger charge is -2.60. The van der Waals surface area contributed by atoms with Gasteiger partial charge in [-0.15, -0.1) is 0 Å². The van der Waals surface area contributed by atoms with Crippen LogP contribution in [0.2, 0.25) is 0 Å². The smallest absolute Gasteiger partial charge is 0.490 e. The lowest BCUT2D eigenvalue weighted by atomic mass is 9.70. The predicted octanol–water partition coefficient (Wildman–Crippen LogP) is 6.06. The number of aromatic nitrogens is 4. The fourth-order valence-corrected chi connectivity index (χ4v) is 11.6. The summed E-state index contributed by atoms with van der Waals surface area (Å²) in [5, 5.41) is 16.7. The molecule has 4 N–H and O–H groups in total. The van der Waals surface area contributed by atoms with E-state index in [4.69, 9.17) is 19.6 Å². The van der Waals surface area contributed by atoms with Crippen LogP contribution in [0.1, 0.15) is 52.0 Å². The van der Waals surface area contributed by atoms with Crippen LogP contribution in [0.5, 0.6) is 5.75 Å². The summed E-state index contributed by atoms with van der Waals surface area (Å²) < 4.78 is 51.8. The summed E-state index contributed by atoms with van der Waals surface area (Å²) in [6.45, 7) is 11.2. The number of rotatable bonds is 10. The van der Waals surface area contributed by atoms with Crippen molar-refractivity contribution in [2.45, 2.75) is 50.9 Å². The summed E-state index contributed by atoms with van der Waals surface area (Å²) in [5.41, 5.74) is 6.62. The van der Waals surface area contributed by atoms with Gasteiger partial charge >= 0.3 is 12.1 Å². The van der Waals surface area contributed by atoms with Gasteiger partial charge in [0.05, 0.1) is 44.9 Å². The number of piperidine rings is 2. The van der Waals surface area contributed by atoms with Crippen molar-refractivity contribution in [1.29, 1.82) is 0 Å². The Bertz CT molecular complexity index is 3060. The minimum Gasteiger partial charge on any atom is -0.494 e. The third kappa shape index (κ3) is 9.73. The molecule has 3 aromatic carbocycles. The molecule has 4 fully saturated rings. The molecule has 5 aliphatic rings. The van der Waals surface area contributed by atoms with E-state index in [2.05, 4.69) is 80.6 Å². The maximum absolute atomic E-state index is 13.5. The largest absolute Gasteiger partial charge is 0.494 e. The van der Waals surface area contributed by atoms with Crippen molar-refractivity contribution in [3.8, 4) is 5.75 Å². The zero-order valence-electron chi connectivity index (χ0n) is 38.8. The number of likely N-dealkylation sites (tertiary alicyclic amines) is 1. The number of alkyl halides is 3. The molecule has 1 unspecified atom stereocenters. The Morgan fingerprint density at radius 3 is 2.28 bits per heavy atom. The molecule has 5 aliphatic heterocycles. The standard InChI is InChI=1S/C45H47BrN11O6P.C2HF3O2/c1-25-17-33(51-44-49-20-30(46)40(53-44)50-32-8-7-31-38(48-14-13-47-31)39(32)64(3,4)62)36(63-2)19-35(25)54-15-11-45(12-16-54)23-56(24-45)27-21-55(22-27)26-5-6-28-29(18-26)43(61)57(42(28)60)34-9-10-37(58)52-41(34)59;3-2(4,5)1(6)7/h5-8,13-14,17-20,27,34H,9-12,15-16,21-24H2,1-4H3,(H,52,58,59)(H2,49,50,51,53);(H,6,7). The van der Waals surface area contributed by atoms with Gasteiger partial charge in [0, 0.05) is 87.8 Å². The average Bonchev–Trinajstić information content (AvgIpc) is 3.53. The summed E-state index contributed by atoms with van der Waals surface area (Å²) in [4.78, 5) is 86.0. The fourth-order valence-electron chi connectivity index (χ4n) is 9.88. The van der Waals surface area contributed by atoms with Crippen molar-refractivity contribution < 1.29 is 51.6 Å². The average molecular weight is 1060 g/mol. The van der Waals surface area contributed by atoms with Crippen LogP contribution in [-0.2, 0) is 18.9 Å². The second kappa shape index (κ2) is 18.8. The van der Waals surface area contributed by atoms with E-state index in [1.54, 1.807) is 51.2 Å². The number of carboxylic acid groups (broad SMARTS) is 1. The van der Waals surface area contributed by atoms with Gasteiger partial charge in [-0.25, -0.2) is 9.78 Å². The second-order valence-corrected chi connectivity index (χ2v) is 22.6. The SMILES string of the molecule is COc1cc(N2CCC3(CC2)CN(C2CN(c4ccc5c(c4)C(=O)N(C4CCC(=O)NC4=O)C5=O)C2)C3)c(C)cc1Nc1ncc(Br)c(Nc2ccc3nccnc3c2P(C)(C)=O)n1.O=C(O)C(F)(F)F.